The average Bonchev–Trinajstić information content (AvgIpc) is 2.66. The van der Waals surface area contributed by atoms with Gasteiger partial charge in [0.05, 0.1) is 16.1 Å². The molecule has 0 amide bonds. The van der Waals surface area contributed by atoms with E-state index < -0.39 is 16.0 Å². The van der Waals surface area contributed by atoms with Crippen LogP contribution in [0.2, 0.25) is 0 Å². The highest BCUT2D eigenvalue weighted by atomic mass is 32.2. The summed E-state index contributed by atoms with van der Waals surface area (Å²) >= 11 is 0. The second-order valence-corrected chi connectivity index (χ2v) is 9.11. The van der Waals surface area contributed by atoms with Gasteiger partial charge in [-0.15, -0.1) is 0 Å². The third-order valence-electron chi connectivity index (χ3n) is 5.02. The van der Waals surface area contributed by atoms with E-state index in [0.717, 1.165) is 27.8 Å². The third kappa shape index (κ3) is 4.89. The number of carbonyl (C=O) groups is 1. The van der Waals surface area contributed by atoms with Crippen molar-refractivity contribution < 1.29 is 18.3 Å². The maximum Gasteiger partial charge on any atom is 0.335 e. The normalized spacial score (nSPS) is 11.3. The minimum atomic E-state index is -3.73. The molecule has 30 heavy (non-hydrogen) atoms. The first-order valence-electron chi connectivity index (χ1n) is 9.68. The van der Waals surface area contributed by atoms with E-state index >= 15 is 0 Å². The zero-order valence-electron chi connectivity index (χ0n) is 17.3. The highest BCUT2D eigenvalue weighted by molar-refractivity contribution is 7.92. The molecule has 3 aromatic carbocycles. The van der Waals surface area contributed by atoms with Crippen molar-refractivity contribution in [1.82, 2.24) is 0 Å². The van der Waals surface area contributed by atoms with Crippen molar-refractivity contribution in [2.75, 3.05) is 4.72 Å². The summed E-state index contributed by atoms with van der Waals surface area (Å²) in [5.74, 6) is -0.956. The highest BCUT2D eigenvalue weighted by Gasteiger charge is 2.21. The van der Waals surface area contributed by atoms with Gasteiger partial charge in [-0.25, -0.2) is 13.2 Å². The molecule has 3 rings (SSSR count). The lowest BCUT2D eigenvalue weighted by atomic mass is 10.0. The molecule has 0 fully saturated rings. The topological polar surface area (TPSA) is 83.5 Å². The summed E-state index contributed by atoms with van der Waals surface area (Å²) in [6.07, 6.45) is 1.29. The van der Waals surface area contributed by atoms with Gasteiger partial charge in [0.1, 0.15) is 0 Å². The number of hydrogen-bond acceptors (Lipinski definition) is 3. The second kappa shape index (κ2) is 8.71. The molecule has 0 aromatic heterocycles. The van der Waals surface area contributed by atoms with Crippen molar-refractivity contribution in [3.05, 3.63) is 94.0 Å². The summed E-state index contributed by atoms with van der Waals surface area (Å²) in [7, 11) is -3.73. The van der Waals surface area contributed by atoms with Crippen LogP contribution in [0.1, 0.15) is 38.2 Å². The Balaban J connectivity index is 1.82. The number of anilines is 1. The molecule has 0 unspecified atom stereocenters. The molecule has 0 aliphatic heterocycles. The fourth-order valence-electron chi connectivity index (χ4n) is 3.72. The van der Waals surface area contributed by atoms with Crippen LogP contribution < -0.4 is 4.72 Å². The van der Waals surface area contributed by atoms with Crippen LogP contribution in [0.5, 0.6) is 0 Å². The first kappa shape index (κ1) is 21.6. The number of rotatable bonds is 7. The summed E-state index contributed by atoms with van der Waals surface area (Å²) < 4.78 is 29.0. The number of hydrogen-bond donors (Lipinski definition) is 2. The molecule has 3 aromatic rings. The molecule has 0 saturated heterocycles. The number of para-hydroxylation sites is 1. The Morgan fingerprint density at radius 1 is 0.900 bits per heavy atom. The molecule has 6 heteroatoms. The lowest BCUT2D eigenvalue weighted by Crippen LogP contribution is -2.17. The fourth-order valence-corrected chi connectivity index (χ4v) is 5.27. The molecule has 0 bridgehead atoms. The molecule has 0 atom stereocenters. The van der Waals surface area contributed by atoms with Gasteiger partial charge in [0.15, 0.2) is 0 Å². The number of aromatic carboxylic acids is 1. The van der Waals surface area contributed by atoms with Gasteiger partial charge in [-0.2, -0.15) is 0 Å². The Bertz CT molecular complexity index is 1160. The van der Waals surface area contributed by atoms with E-state index in [0.29, 0.717) is 23.4 Å². The van der Waals surface area contributed by atoms with Gasteiger partial charge >= 0.3 is 5.97 Å². The summed E-state index contributed by atoms with van der Waals surface area (Å²) in [6, 6.07) is 17.8. The number of sulfonamides is 1. The molecule has 0 radical (unpaired) electrons. The Morgan fingerprint density at radius 3 is 2.10 bits per heavy atom. The van der Waals surface area contributed by atoms with Gasteiger partial charge in [-0.3, -0.25) is 4.72 Å². The molecule has 0 spiro atoms. The average molecular weight is 424 g/mol. The van der Waals surface area contributed by atoms with Crippen LogP contribution in [-0.4, -0.2) is 19.5 Å². The lowest BCUT2D eigenvalue weighted by molar-refractivity contribution is 0.0697. The van der Waals surface area contributed by atoms with Crippen molar-refractivity contribution >= 4 is 21.7 Å². The predicted molar refractivity (Wildman–Crippen MR) is 119 cm³/mol. The number of carboxylic acids is 1. The van der Waals surface area contributed by atoms with Gasteiger partial charge in [-0.1, -0.05) is 48.0 Å². The monoisotopic (exact) mass is 423 g/mol. The Morgan fingerprint density at radius 2 is 1.50 bits per heavy atom. The predicted octanol–water partition coefficient (Wildman–Crippen LogP) is 4.90. The minimum Gasteiger partial charge on any atom is -0.478 e. The zero-order valence-corrected chi connectivity index (χ0v) is 18.1. The van der Waals surface area contributed by atoms with E-state index in [4.69, 9.17) is 5.11 Å². The SMILES string of the molecule is Cc1cc(C)c(S(=O)(=O)Nc2ccccc2CCc2ccc(C(=O)O)cc2)c(C)c1. The van der Waals surface area contributed by atoms with Crippen LogP contribution in [0, 0.1) is 20.8 Å². The molecular weight excluding hydrogens is 398 g/mol. The Kier molecular flexibility index (Phi) is 6.27. The van der Waals surface area contributed by atoms with E-state index in [2.05, 4.69) is 4.72 Å². The van der Waals surface area contributed by atoms with Crippen molar-refractivity contribution in [2.24, 2.45) is 0 Å². The van der Waals surface area contributed by atoms with Crippen molar-refractivity contribution in [3.63, 3.8) is 0 Å². The first-order valence-corrected chi connectivity index (χ1v) is 11.2. The minimum absolute atomic E-state index is 0.246. The van der Waals surface area contributed by atoms with Crippen molar-refractivity contribution in [1.29, 1.82) is 0 Å². The molecular formula is C24H25NO4S. The van der Waals surface area contributed by atoms with Crippen LogP contribution in [0.3, 0.4) is 0 Å². The van der Waals surface area contributed by atoms with Gasteiger partial charge < -0.3 is 5.11 Å². The summed E-state index contributed by atoms with van der Waals surface area (Å²) in [4.78, 5) is 11.3. The van der Waals surface area contributed by atoms with E-state index in [1.165, 1.54) is 0 Å². The summed E-state index contributed by atoms with van der Waals surface area (Å²) in [5, 5.41) is 9.01. The number of nitrogens with one attached hydrogen (secondary N) is 1. The molecule has 0 saturated carbocycles. The maximum atomic E-state index is 13.1. The Hall–Kier alpha value is -3.12. The second-order valence-electron chi connectivity index (χ2n) is 7.49. The van der Waals surface area contributed by atoms with Crippen molar-refractivity contribution in [3.8, 4) is 0 Å². The maximum absolute atomic E-state index is 13.1. The van der Waals surface area contributed by atoms with Gasteiger partial charge in [0, 0.05) is 0 Å². The molecule has 5 nitrogen and oxygen atoms in total. The summed E-state index contributed by atoms with van der Waals surface area (Å²) in [5.41, 5.74) is 5.13. The van der Waals surface area contributed by atoms with E-state index in [-0.39, 0.29) is 5.56 Å². The van der Waals surface area contributed by atoms with Gasteiger partial charge in [0.2, 0.25) is 0 Å². The van der Waals surface area contributed by atoms with Crippen molar-refractivity contribution in [2.45, 2.75) is 38.5 Å². The standard InChI is InChI=1S/C24H25NO4S/c1-16-14-17(2)23(18(3)15-16)30(28,29)25-22-7-5-4-6-20(22)11-8-19-9-12-21(13-10-19)24(26)27/h4-7,9-10,12-15,25H,8,11H2,1-3H3,(H,26,27). The third-order valence-corrected chi connectivity index (χ3v) is 6.69. The highest BCUT2D eigenvalue weighted by Crippen LogP contribution is 2.26. The van der Waals surface area contributed by atoms with E-state index in [1.54, 1.807) is 50.2 Å². The van der Waals surface area contributed by atoms with E-state index in [1.807, 2.05) is 31.2 Å². The first-order chi connectivity index (χ1) is 14.2. The quantitative estimate of drug-likeness (QED) is 0.566. The zero-order chi connectivity index (χ0) is 21.9. The fraction of sp³-hybridized carbons (Fsp3) is 0.208. The molecule has 0 aliphatic rings. The molecule has 156 valence electrons. The largest absolute Gasteiger partial charge is 0.478 e. The van der Waals surface area contributed by atoms with Crippen LogP contribution in [0.4, 0.5) is 5.69 Å². The van der Waals surface area contributed by atoms with Crippen LogP contribution >= 0.6 is 0 Å². The number of benzene rings is 3. The van der Waals surface area contributed by atoms with Crippen LogP contribution in [0.25, 0.3) is 0 Å². The van der Waals surface area contributed by atoms with Crippen LogP contribution in [-0.2, 0) is 22.9 Å². The smallest absolute Gasteiger partial charge is 0.335 e. The van der Waals surface area contributed by atoms with Gasteiger partial charge in [-0.05, 0) is 74.1 Å². The molecule has 0 aliphatic carbocycles. The Labute approximate surface area is 177 Å². The lowest BCUT2D eigenvalue weighted by Gasteiger charge is -2.16. The van der Waals surface area contributed by atoms with Crippen LogP contribution in [0.15, 0.2) is 65.6 Å². The molecule has 0 heterocycles. The number of carboxylic acid groups (broad SMARTS) is 1. The number of aryl methyl sites for hydroxylation is 5. The summed E-state index contributed by atoms with van der Waals surface area (Å²) in [6.45, 7) is 5.56. The molecule has 2 N–H and O–H groups in total. The van der Waals surface area contributed by atoms with Gasteiger partial charge in [0.25, 0.3) is 10.0 Å². The van der Waals surface area contributed by atoms with E-state index in [9.17, 15) is 13.2 Å².